The van der Waals surface area contributed by atoms with E-state index < -0.39 is 0 Å². The quantitative estimate of drug-likeness (QED) is 0.559. The molecule has 0 aliphatic carbocycles. The predicted octanol–water partition coefficient (Wildman–Crippen LogP) is 3.58. The molecule has 96 valence electrons. The van der Waals surface area contributed by atoms with E-state index in [9.17, 15) is 0 Å². The van der Waals surface area contributed by atoms with Crippen molar-refractivity contribution in [2.75, 3.05) is 0 Å². The van der Waals surface area contributed by atoms with Crippen molar-refractivity contribution < 1.29 is 0 Å². The van der Waals surface area contributed by atoms with Crippen molar-refractivity contribution in [1.29, 1.82) is 0 Å². The van der Waals surface area contributed by atoms with E-state index >= 15 is 0 Å². The highest BCUT2D eigenvalue weighted by molar-refractivity contribution is 5.25. The average Bonchev–Trinajstić information content (AvgIpc) is 2.36. The molecule has 1 aromatic rings. The second-order valence-electron chi connectivity index (χ2n) is 4.94. The third kappa shape index (κ3) is 4.49. The molecular formula is C15H26N2. The third-order valence-electron chi connectivity index (χ3n) is 3.41. The van der Waals surface area contributed by atoms with Crippen LogP contribution in [-0.4, -0.2) is 0 Å². The highest BCUT2D eigenvalue weighted by Crippen LogP contribution is 2.23. The van der Waals surface area contributed by atoms with Crippen LogP contribution < -0.4 is 11.3 Å². The van der Waals surface area contributed by atoms with Crippen molar-refractivity contribution in [3.05, 3.63) is 35.4 Å². The molecule has 0 saturated carbocycles. The summed E-state index contributed by atoms with van der Waals surface area (Å²) in [5, 5.41) is 0. The molecule has 0 spiro atoms. The van der Waals surface area contributed by atoms with Crippen molar-refractivity contribution in [3.63, 3.8) is 0 Å². The van der Waals surface area contributed by atoms with Crippen LogP contribution in [0.25, 0.3) is 0 Å². The van der Waals surface area contributed by atoms with Gasteiger partial charge in [-0.2, -0.15) is 0 Å². The summed E-state index contributed by atoms with van der Waals surface area (Å²) in [6.45, 7) is 6.71. The molecule has 0 aliphatic rings. The van der Waals surface area contributed by atoms with Crippen LogP contribution in [0.4, 0.5) is 0 Å². The summed E-state index contributed by atoms with van der Waals surface area (Å²) < 4.78 is 0. The number of rotatable bonds is 7. The molecule has 0 radical (unpaired) electrons. The van der Waals surface area contributed by atoms with E-state index in [0.29, 0.717) is 5.92 Å². The molecule has 0 saturated heterocycles. The Labute approximate surface area is 106 Å². The van der Waals surface area contributed by atoms with Gasteiger partial charge >= 0.3 is 0 Å². The van der Waals surface area contributed by atoms with Crippen LogP contribution >= 0.6 is 0 Å². The zero-order chi connectivity index (χ0) is 12.7. The van der Waals surface area contributed by atoms with Crippen LogP contribution in [0.1, 0.15) is 57.2 Å². The van der Waals surface area contributed by atoms with Crippen LogP contribution in [-0.2, 0) is 6.42 Å². The maximum Gasteiger partial charge on any atom is 0.0462 e. The fourth-order valence-electron chi connectivity index (χ4n) is 2.30. The summed E-state index contributed by atoms with van der Waals surface area (Å²) in [5.41, 5.74) is 5.62. The van der Waals surface area contributed by atoms with Crippen LogP contribution in [0, 0.1) is 5.92 Å². The molecule has 2 unspecified atom stereocenters. The van der Waals surface area contributed by atoms with E-state index in [1.165, 1.54) is 24.0 Å². The SMILES string of the molecule is CCCC(C)CC(NN)c1ccc(CC)cc1. The van der Waals surface area contributed by atoms with Gasteiger partial charge in [-0.15, -0.1) is 0 Å². The lowest BCUT2D eigenvalue weighted by molar-refractivity contribution is 0.394. The van der Waals surface area contributed by atoms with Crippen molar-refractivity contribution >= 4 is 0 Å². The van der Waals surface area contributed by atoms with E-state index in [-0.39, 0.29) is 6.04 Å². The first-order valence-electron chi connectivity index (χ1n) is 6.76. The molecule has 2 nitrogen and oxygen atoms in total. The van der Waals surface area contributed by atoms with Gasteiger partial charge in [-0.25, -0.2) is 0 Å². The Hall–Kier alpha value is -0.860. The third-order valence-corrected chi connectivity index (χ3v) is 3.41. The second-order valence-corrected chi connectivity index (χ2v) is 4.94. The molecule has 0 aromatic heterocycles. The van der Waals surface area contributed by atoms with Crippen molar-refractivity contribution in [3.8, 4) is 0 Å². The molecule has 3 N–H and O–H groups in total. The number of nitrogens with two attached hydrogens (primary N) is 1. The van der Waals surface area contributed by atoms with E-state index in [1.807, 2.05) is 0 Å². The smallest absolute Gasteiger partial charge is 0.0462 e. The molecule has 1 rings (SSSR count). The Bertz CT molecular complexity index is 305. The molecule has 2 heteroatoms. The lowest BCUT2D eigenvalue weighted by atomic mass is 9.93. The molecule has 0 heterocycles. The van der Waals surface area contributed by atoms with Crippen LogP contribution in [0.3, 0.4) is 0 Å². The molecule has 1 aromatic carbocycles. The monoisotopic (exact) mass is 234 g/mol. The largest absolute Gasteiger partial charge is 0.271 e. The van der Waals surface area contributed by atoms with Gasteiger partial charge in [0.2, 0.25) is 0 Å². The van der Waals surface area contributed by atoms with Crippen LogP contribution in [0.2, 0.25) is 0 Å². The number of nitrogens with one attached hydrogen (secondary N) is 1. The van der Waals surface area contributed by atoms with Gasteiger partial charge in [0, 0.05) is 6.04 Å². The zero-order valence-corrected chi connectivity index (χ0v) is 11.4. The highest BCUT2D eigenvalue weighted by Gasteiger charge is 2.13. The molecule has 0 amide bonds. The Morgan fingerprint density at radius 1 is 1.18 bits per heavy atom. The summed E-state index contributed by atoms with van der Waals surface area (Å²) in [7, 11) is 0. The van der Waals surface area contributed by atoms with Crippen molar-refractivity contribution in [2.24, 2.45) is 11.8 Å². The number of hydrazine groups is 1. The molecule has 0 aliphatic heterocycles. The first-order valence-corrected chi connectivity index (χ1v) is 6.76. The van der Waals surface area contributed by atoms with Crippen molar-refractivity contribution in [1.82, 2.24) is 5.43 Å². The molecule has 17 heavy (non-hydrogen) atoms. The summed E-state index contributed by atoms with van der Waals surface area (Å²) >= 11 is 0. The van der Waals surface area contributed by atoms with Gasteiger partial charge in [-0.3, -0.25) is 11.3 Å². The maximum atomic E-state index is 5.67. The van der Waals surface area contributed by atoms with Gasteiger partial charge < -0.3 is 0 Å². The van der Waals surface area contributed by atoms with Gasteiger partial charge in [-0.05, 0) is 29.9 Å². The summed E-state index contributed by atoms with van der Waals surface area (Å²) in [6, 6.07) is 9.07. The zero-order valence-electron chi connectivity index (χ0n) is 11.4. The Kier molecular flexibility index (Phi) is 6.23. The summed E-state index contributed by atoms with van der Waals surface area (Å²) in [6.07, 6.45) is 4.71. The van der Waals surface area contributed by atoms with E-state index in [4.69, 9.17) is 5.84 Å². The normalized spacial score (nSPS) is 14.6. The molecular weight excluding hydrogens is 208 g/mol. The van der Waals surface area contributed by atoms with Gasteiger partial charge in [0.25, 0.3) is 0 Å². The lowest BCUT2D eigenvalue weighted by Gasteiger charge is -2.20. The fourth-order valence-corrected chi connectivity index (χ4v) is 2.30. The van der Waals surface area contributed by atoms with Crippen LogP contribution in [0.5, 0.6) is 0 Å². The Morgan fingerprint density at radius 3 is 2.29 bits per heavy atom. The first-order chi connectivity index (χ1) is 8.21. The lowest BCUT2D eigenvalue weighted by Crippen LogP contribution is -2.29. The van der Waals surface area contributed by atoms with E-state index in [1.54, 1.807) is 0 Å². The summed E-state index contributed by atoms with van der Waals surface area (Å²) in [5.74, 6) is 6.38. The highest BCUT2D eigenvalue weighted by atomic mass is 15.2. The topological polar surface area (TPSA) is 38.0 Å². The Balaban J connectivity index is 2.65. The van der Waals surface area contributed by atoms with Gasteiger partial charge in [0.15, 0.2) is 0 Å². The molecule has 0 bridgehead atoms. The second kappa shape index (κ2) is 7.46. The fraction of sp³-hybridized carbons (Fsp3) is 0.600. The van der Waals surface area contributed by atoms with Gasteiger partial charge in [0.05, 0.1) is 0 Å². The van der Waals surface area contributed by atoms with Crippen LogP contribution in [0.15, 0.2) is 24.3 Å². The first kappa shape index (κ1) is 14.2. The Morgan fingerprint density at radius 2 is 1.82 bits per heavy atom. The van der Waals surface area contributed by atoms with Crippen molar-refractivity contribution in [2.45, 2.75) is 52.5 Å². The maximum absolute atomic E-state index is 5.67. The minimum Gasteiger partial charge on any atom is -0.271 e. The summed E-state index contributed by atoms with van der Waals surface area (Å²) in [4.78, 5) is 0. The molecule has 2 atom stereocenters. The minimum atomic E-state index is 0.280. The van der Waals surface area contributed by atoms with E-state index in [0.717, 1.165) is 12.8 Å². The van der Waals surface area contributed by atoms with Gasteiger partial charge in [-0.1, -0.05) is 57.9 Å². The standard InChI is InChI=1S/C15H26N2/c1-4-6-12(3)11-15(17-16)14-9-7-13(5-2)8-10-14/h7-10,12,15,17H,4-6,11,16H2,1-3H3. The van der Waals surface area contributed by atoms with Gasteiger partial charge in [0.1, 0.15) is 0 Å². The number of aryl methyl sites for hydroxylation is 1. The number of benzene rings is 1. The minimum absolute atomic E-state index is 0.280. The average molecular weight is 234 g/mol. The van der Waals surface area contributed by atoms with E-state index in [2.05, 4.69) is 50.5 Å². The predicted molar refractivity (Wildman–Crippen MR) is 74.6 cm³/mol. The number of hydrogen-bond acceptors (Lipinski definition) is 2. The number of hydrogen-bond donors (Lipinski definition) is 2. The molecule has 0 fully saturated rings.